The van der Waals surface area contributed by atoms with E-state index in [-0.39, 0.29) is 82.6 Å². The summed E-state index contributed by atoms with van der Waals surface area (Å²) in [5.41, 5.74) is 0. The van der Waals surface area contributed by atoms with Gasteiger partial charge in [-0.05, 0) is 20.6 Å². The van der Waals surface area contributed by atoms with Gasteiger partial charge in [0.2, 0.25) is 16.3 Å². The second kappa shape index (κ2) is 13.8. The zero-order valence-electron chi connectivity index (χ0n) is 6.72. The van der Waals surface area contributed by atoms with Gasteiger partial charge in [0.15, 0.2) is 0 Å². The Labute approximate surface area is 133 Å². The molecule has 0 bridgehead atoms. The van der Waals surface area contributed by atoms with Gasteiger partial charge in [0.05, 0.1) is 0 Å². The molecule has 2 radical (unpaired) electrons. The van der Waals surface area contributed by atoms with Crippen LogP contribution in [0.4, 0.5) is 0 Å². The maximum atomic E-state index is 2.23. The third-order valence-corrected chi connectivity index (χ3v) is 1.67. The minimum absolute atomic E-state index is 0. The Kier molecular flexibility index (Phi) is 27.7. The second-order valence-electron chi connectivity index (χ2n) is 2.16. The molecule has 0 atom stereocenters. The van der Waals surface area contributed by atoms with Crippen LogP contribution in [-0.2, 0) is 0 Å². The summed E-state index contributed by atoms with van der Waals surface area (Å²) < 4.78 is 0. The summed E-state index contributed by atoms with van der Waals surface area (Å²) in [6, 6.07) is 0. The first kappa shape index (κ1) is 18.1. The molecule has 0 aromatic rings. The van der Waals surface area contributed by atoms with E-state index in [2.05, 4.69) is 19.0 Å². The molecule has 0 unspecified atom stereocenters. The molecule has 9 heavy (non-hydrogen) atoms. The smallest absolute Gasteiger partial charge is 0.211 e. The van der Waals surface area contributed by atoms with Gasteiger partial charge >= 0.3 is 0 Å². The third-order valence-electron chi connectivity index (χ3n) is 0.959. The van der Waals surface area contributed by atoms with Crippen LogP contribution in [0.25, 0.3) is 0 Å². The monoisotopic (exact) mass is 397 g/mol. The average Bonchev–Trinajstić information content (AvgIpc) is 1.61. The fourth-order valence-corrected chi connectivity index (χ4v) is 0.791. The fraction of sp³-hybridized carbons (Fsp3) is 1.00. The van der Waals surface area contributed by atoms with Gasteiger partial charge in [-0.3, -0.25) is 0 Å². The molecule has 48 valence electrons. The van der Waals surface area contributed by atoms with E-state index in [1.807, 2.05) is 0 Å². The molecule has 0 N–H and O–H groups in total. The number of hydrogen-bond acceptors (Lipinski definition) is 1. The average molecular weight is 397 g/mol. The van der Waals surface area contributed by atoms with Gasteiger partial charge in [-0.1, -0.05) is 11.7 Å². The van der Waals surface area contributed by atoms with Crippen LogP contribution in [0, 0.1) is 82.6 Å². The Morgan fingerprint density at radius 2 is 1.67 bits per heavy atom. The maximum absolute atomic E-state index is 2.23. The third kappa shape index (κ3) is 18.3. The van der Waals surface area contributed by atoms with E-state index in [4.69, 9.17) is 0 Å². The first-order valence-corrected chi connectivity index (χ1v) is 4.33. The Morgan fingerprint density at radius 3 is 1.78 bits per heavy atom. The topological polar surface area (TPSA) is 3.24 Å². The minimum atomic E-state index is 0. The Bertz CT molecular complexity index is 43.9. The van der Waals surface area contributed by atoms with E-state index >= 15 is 0 Å². The molecule has 0 fully saturated rings. The summed E-state index contributed by atoms with van der Waals surface area (Å²) in [4.78, 5) is 2.23. The maximum Gasteiger partial charge on any atom is 0.211 e. The van der Waals surface area contributed by atoms with Crippen LogP contribution in [0.2, 0.25) is 5.28 Å². The minimum Gasteiger partial charge on any atom is -0.309 e. The van der Waals surface area contributed by atoms with Gasteiger partial charge in [-0.15, -0.1) is 0 Å². The molecule has 0 aliphatic rings. The Balaban J connectivity index is -0.000000180. The van der Waals surface area contributed by atoms with Gasteiger partial charge in [0, 0.05) is 82.6 Å². The van der Waals surface area contributed by atoms with Gasteiger partial charge in [-0.25, -0.2) is 0 Å². The van der Waals surface area contributed by atoms with Crippen LogP contribution in [0.1, 0.15) is 6.42 Å². The molecule has 0 amide bonds. The van der Waals surface area contributed by atoms with Gasteiger partial charge in [0.1, 0.15) is 0 Å². The van der Waals surface area contributed by atoms with E-state index in [0.717, 1.165) is 0 Å². The summed E-state index contributed by atoms with van der Waals surface area (Å²) in [6.45, 7) is 1.27. The molecule has 0 aromatic carbocycles. The number of nitrogens with zero attached hydrogens (tertiary/aromatic N) is 1. The van der Waals surface area contributed by atoms with Crippen LogP contribution < -0.4 is 0 Å². The van der Waals surface area contributed by atoms with Crippen molar-refractivity contribution in [3.05, 3.63) is 0 Å². The first-order chi connectivity index (χ1) is 3.27. The zero-order valence-corrected chi connectivity index (χ0v) is 16.1. The molecule has 0 aromatic heterocycles. The SMILES string of the molecule is CN(C)CC[CH2][AlH2].[Pr].[Pr]. The van der Waals surface area contributed by atoms with E-state index in [1.54, 1.807) is 0 Å². The van der Waals surface area contributed by atoms with E-state index in [0.29, 0.717) is 0 Å². The fourth-order valence-electron chi connectivity index (χ4n) is 0.474. The molecule has 0 saturated carbocycles. The summed E-state index contributed by atoms with van der Waals surface area (Å²) >= 11 is 1.37. The van der Waals surface area contributed by atoms with Crippen LogP contribution in [0.3, 0.4) is 0 Å². The Hall–Kier alpha value is 3.22. The summed E-state index contributed by atoms with van der Waals surface area (Å²) in [7, 11) is 4.24. The van der Waals surface area contributed by atoms with Crippen LogP contribution in [0.5, 0.6) is 0 Å². The quantitative estimate of drug-likeness (QED) is 0.606. The normalized spacial score (nSPS) is 7.89. The van der Waals surface area contributed by atoms with Crippen LogP contribution >= 0.6 is 0 Å². The Morgan fingerprint density at radius 1 is 1.22 bits per heavy atom. The molecular weight excluding hydrogens is 383 g/mol. The molecule has 0 aliphatic carbocycles. The van der Waals surface area contributed by atoms with E-state index < -0.39 is 0 Å². The van der Waals surface area contributed by atoms with Crippen molar-refractivity contribution < 1.29 is 82.6 Å². The molecule has 4 heteroatoms. The largest absolute Gasteiger partial charge is 0.309 e. The van der Waals surface area contributed by atoms with E-state index in [9.17, 15) is 0 Å². The molecule has 1 nitrogen and oxygen atoms in total. The van der Waals surface area contributed by atoms with Crippen molar-refractivity contribution >= 4 is 16.3 Å². The van der Waals surface area contributed by atoms with Crippen LogP contribution in [0.15, 0.2) is 0 Å². The summed E-state index contributed by atoms with van der Waals surface area (Å²) in [5, 5.41) is 1.44. The van der Waals surface area contributed by atoms with Crippen molar-refractivity contribution in [2.45, 2.75) is 11.7 Å². The molecule has 0 aliphatic heterocycles. The number of hydrogen-bond donors (Lipinski definition) is 0. The summed E-state index contributed by atoms with van der Waals surface area (Å²) in [5.74, 6) is 0. The predicted octanol–water partition coefficient (Wildman–Crippen LogP) is -0.0105. The molecule has 0 spiro atoms. The molecular formula is C5H14AlNPr2. The molecule has 0 heterocycles. The van der Waals surface area contributed by atoms with Gasteiger partial charge < -0.3 is 4.90 Å². The predicted molar refractivity (Wildman–Crippen MR) is 36.5 cm³/mol. The van der Waals surface area contributed by atoms with Crippen molar-refractivity contribution in [2.24, 2.45) is 0 Å². The van der Waals surface area contributed by atoms with Crippen molar-refractivity contribution in [3.63, 3.8) is 0 Å². The first-order valence-electron chi connectivity index (χ1n) is 2.92. The van der Waals surface area contributed by atoms with Gasteiger partial charge in [-0.2, -0.15) is 0 Å². The summed E-state index contributed by atoms with van der Waals surface area (Å²) in [6.07, 6.45) is 1.39. The molecule has 0 saturated heterocycles. The second-order valence-corrected chi connectivity index (χ2v) is 3.16. The van der Waals surface area contributed by atoms with Crippen molar-refractivity contribution in [2.75, 3.05) is 20.6 Å². The van der Waals surface area contributed by atoms with Crippen molar-refractivity contribution in [3.8, 4) is 0 Å². The number of rotatable bonds is 3. The van der Waals surface area contributed by atoms with Crippen LogP contribution in [-0.4, -0.2) is 41.8 Å². The molecule has 0 rings (SSSR count). The van der Waals surface area contributed by atoms with Gasteiger partial charge in [0.25, 0.3) is 0 Å². The van der Waals surface area contributed by atoms with Crippen molar-refractivity contribution in [1.29, 1.82) is 0 Å². The van der Waals surface area contributed by atoms with E-state index in [1.165, 1.54) is 34.5 Å². The zero-order chi connectivity index (χ0) is 5.70. The van der Waals surface area contributed by atoms with Crippen molar-refractivity contribution in [1.82, 2.24) is 4.90 Å². The standard InChI is InChI=1S/C5H12N.Al.2Pr.2H/c1-4-5-6(2)3;;;;;/h1,4-5H2,2-3H3;;;;;.